The predicted octanol–water partition coefficient (Wildman–Crippen LogP) is 3.67. The molecule has 1 aromatic carbocycles. The molecule has 12 heavy (non-hydrogen) atoms. The molecule has 1 radical (unpaired) electrons. The van der Waals surface area contributed by atoms with E-state index in [2.05, 4.69) is 6.07 Å². The molecule has 0 aliphatic rings. The van der Waals surface area contributed by atoms with Crippen molar-refractivity contribution in [1.29, 1.82) is 0 Å². The van der Waals surface area contributed by atoms with Crippen LogP contribution in [0.4, 0.5) is 4.39 Å². The maximum atomic E-state index is 13.0. The third-order valence-electron chi connectivity index (χ3n) is 1.47. The van der Waals surface area contributed by atoms with Crippen LogP contribution in [0.2, 0.25) is 0 Å². The van der Waals surface area contributed by atoms with Crippen LogP contribution in [0.15, 0.2) is 29.2 Å². The summed E-state index contributed by atoms with van der Waals surface area (Å²) in [6.45, 7) is 1.99. The zero-order chi connectivity index (χ0) is 8.81. The molecule has 1 unspecified atom stereocenters. The first kappa shape index (κ1) is 9.59. The molecule has 0 bridgehead atoms. The summed E-state index contributed by atoms with van der Waals surface area (Å²) in [6, 6.07) is 10.3. The average Bonchev–Trinajstić information content (AvgIpc) is 2.06. The Hall–Kier alpha value is -0.500. The number of benzene rings is 1. The van der Waals surface area contributed by atoms with E-state index in [0.717, 1.165) is 11.3 Å². The lowest BCUT2D eigenvalue weighted by atomic mass is 10.4. The molecule has 0 aliphatic carbocycles. The van der Waals surface area contributed by atoms with Crippen molar-refractivity contribution in [2.45, 2.75) is 30.2 Å². The van der Waals surface area contributed by atoms with Crippen molar-refractivity contribution in [1.82, 2.24) is 0 Å². The molecular formula is C10H12FS. The average molecular weight is 183 g/mol. The van der Waals surface area contributed by atoms with Crippen LogP contribution >= 0.6 is 11.8 Å². The van der Waals surface area contributed by atoms with Crippen LogP contribution < -0.4 is 0 Å². The lowest BCUT2D eigenvalue weighted by molar-refractivity contribution is 0.426. The molecule has 1 atom stereocenters. The normalized spacial score (nSPS) is 12.8. The Morgan fingerprint density at radius 1 is 1.50 bits per heavy atom. The number of thioether (sulfide) groups is 1. The Morgan fingerprint density at radius 3 is 2.75 bits per heavy atom. The molecule has 1 aromatic rings. The number of halogens is 1. The number of hydrogen-bond acceptors (Lipinski definition) is 1. The van der Waals surface area contributed by atoms with Gasteiger partial charge in [0, 0.05) is 4.90 Å². The molecular weight excluding hydrogens is 171 g/mol. The summed E-state index contributed by atoms with van der Waals surface area (Å²) in [6.07, 6.45) is 1.52. The van der Waals surface area contributed by atoms with Crippen molar-refractivity contribution in [3.63, 3.8) is 0 Å². The fourth-order valence-corrected chi connectivity index (χ4v) is 1.83. The van der Waals surface area contributed by atoms with E-state index in [-0.39, 0.29) is 0 Å². The molecule has 0 heterocycles. The van der Waals surface area contributed by atoms with Gasteiger partial charge in [-0.3, -0.25) is 0 Å². The van der Waals surface area contributed by atoms with Crippen LogP contribution in [-0.2, 0) is 0 Å². The van der Waals surface area contributed by atoms with Gasteiger partial charge in [0.2, 0.25) is 0 Å². The van der Waals surface area contributed by atoms with Crippen LogP contribution in [0.3, 0.4) is 0 Å². The molecule has 0 fully saturated rings. The highest BCUT2D eigenvalue weighted by Gasteiger charge is 2.05. The Morgan fingerprint density at radius 2 is 2.17 bits per heavy atom. The lowest BCUT2D eigenvalue weighted by Crippen LogP contribution is -1.91. The van der Waals surface area contributed by atoms with Crippen molar-refractivity contribution in [2.75, 3.05) is 0 Å². The fourth-order valence-electron chi connectivity index (χ4n) is 0.884. The molecule has 0 N–H and O–H groups in total. The Kier molecular flexibility index (Phi) is 4.15. The zero-order valence-electron chi connectivity index (χ0n) is 7.09. The zero-order valence-corrected chi connectivity index (χ0v) is 7.90. The van der Waals surface area contributed by atoms with Gasteiger partial charge in [-0.25, -0.2) is 4.39 Å². The van der Waals surface area contributed by atoms with Gasteiger partial charge >= 0.3 is 0 Å². The lowest BCUT2D eigenvalue weighted by Gasteiger charge is -2.04. The summed E-state index contributed by atoms with van der Waals surface area (Å²) < 4.78 is 13.0. The van der Waals surface area contributed by atoms with Gasteiger partial charge < -0.3 is 0 Å². The highest BCUT2D eigenvalue weighted by Crippen LogP contribution is 2.26. The van der Waals surface area contributed by atoms with E-state index in [0.29, 0.717) is 6.42 Å². The van der Waals surface area contributed by atoms with Crippen molar-refractivity contribution in [3.8, 4) is 0 Å². The first-order valence-electron chi connectivity index (χ1n) is 4.09. The van der Waals surface area contributed by atoms with Crippen molar-refractivity contribution < 1.29 is 4.39 Å². The van der Waals surface area contributed by atoms with E-state index in [1.807, 2.05) is 19.1 Å². The van der Waals surface area contributed by atoms with Crippen LogP contribution in [0.25, 0.3) is 0 Å². The van der Waals surface area contributed by atoms with Crippen LogP contribution in [0.5, 0.6) is 0 Å². The monoisotopic (exact) mass is 183 g/mol. The molecule has 0 aliphatic heterocycles. The minimum atomic E-state index is -0.766. The van der Waals surface area contributed by atoms with Gasteiger partial charge in [-0.05, 0) is 24.6 Å². The Labute approximate surface area is 77.2 Å². The molecule has 65 valence electrons. The van der Waals surface area contributed by atoms with Crippen LogP contribution in [0.1, 0.15) is 19.8 Å². The van der Waals surface area contributed by atoms with Gasteiger partial charge in [-0.2, -0.15) is 0 Å². The first-order valence-corrected chi connectivity index (χ1v) is 4.97. The highest BCUT2D eigenvalue weighted by atomic mass is 32.2. The van der Waals surface area contributed by atoms with E-state index in [9.17, 15) is 4.39 Å². The summed E-state index contributed by atoms with van der Waals surface area (Å²) in [7, 11) is 0. The van der Waals surface area contributed by atoms with Gasteiger partial charge in [-0.15, -0.1) is 0 Å². The van der Waals surface area contributed by atoms with Gasteiger partial charge in [0.05, 0.1) is 0 Å². The number of rotatable bonds is 4. The summed E-state index contributed by atoms with van der Waals surface area (Å²) in [5.74, 6) is 0. The van der Waals surface area contributed by atoms with E-state index in [1.165, 1.54) is 11.8 Å². The molecule has 1 rings (SSSR count). The Bertz CT molecular complexity index is 210. The second kappa shape index (κ2) is 5.20. The quantitative estimate of drug-likeness (QED) is 0.642. The highest BCUT2D eigenvalue weighted by molar-refractivity contribution is 7.99. The molecule has 0 amide bonds. The van der Waals surface area contributed by atoms with Gasteiger partial charge in [0.1, 0.15) is 5.50 Å². The van der Waals surface area contributed by atoms with Crippen molar-refractivity contribution >= 4 is 11.8 Å². The maximum absolute atomic E-state index is 13.0. The summed E-state index contributed by atoms with van der Waals surface area (Å²) in [5.41, 5.74) is -0.766. The van der Waals surface area contributed by atoms with Gasteiger partial charge in [-0.1, -0.05) is 37.2 Å². The standard InChI is InChI=1S/C10H12FS/c1-2-6-10(11)12-9-7-4-3-5-8-9/h4-5,7-8,10H,2,6H2,1H3. The summed E-state index contributed by atoms with van der Waals surface area (Å²) in [5, 5.41) is 0. The van der Waals surface area contributed by atoms with Crippen molar-refractivity contribution in [3.05, 3.63) is 30.3 Å². The second-order valence-electron chi connectivity index (χ2n) is 2.55. The minimum absolute atomic E-state index is 0.628. The van der Waals surface area contributed by atoms with E-state index in [4.69, 9.17) is 0 Å². The van der Waals surface area contributed by atoms with Crippen LogP contribution in [-0.4, -0.2) is 5.50 Å². The molecule has 0 saturated carbocycles. The van der Waals surface area contributed by atoms with E-state index in [1.54, 1.807) is 12.1 Å². The topological polar surface area (TPSA) is 0 Å². The number of hydrogen-bond donors (Lipinski definition) is 0. The maximum Gasteiger partial charge on any atom is 0.150 e. The third-order valence-corrected chi connectivity index (χ3v) is 2.50. The summed E-state index contributed by atoms with van der Waals surface area (Å²) >= 11 is 1.28. The van der Waals surface area contributed by atoms with Crippen LogP contribution in [0, 0.1) is 6.07 Å². The number of alkyl halides is 1. The molecule has 0 spiro atoms. The molecule has 0 nitrogen and oxygen atoms in total. The van der Waals surface area contributed by atoms with Gasteiger partial charge in [0.15, 0.2) is 0 Å². The predicted molar refractivity (Wildman–Crippen MR) is 50.9 cm³/mol. The van der Waals surface area contributed by atoms with E-state index < -0.39 is 5.50 Å². The second-order valence-corrected chi connectivity index (χ2v) is 3.77. The van der Waals surface area contributed by atoms with Crippen molar-refractivity contribution in [2.24, 2.45) is 0 Å². The molecule has 2 heteroatoms. The minimum Gasteiger partial charge on any atom is -0.235 e. The smallest absolute Gasteiger partial charge is 0.150 e. The molecule has 0 aromatic heterocycles. The SMILES string of the molecule is CCCC(F)Sc1cc[c]cc1. The van der Waals surface area contributed by atoms with Gasteiger partial charge in [0.25, 0.3) is 0 Å². The molecule has 0 saturated heterocycles. The first-order chi connectivity index (χ1) is 5.83. The fraction of sp³-hybridized carbons (Fsp3) is 0.400. The summed E-state index contributed by atoms with van der Waals surface area (Å²) in [4.78, 5) is 0.981. The van der Waals surface area contributed by atoms with E-state index >= 15 is 0 Å². The Balaban J connectivity index is 2.41. The third kappa shape index (κ3) is 3.26. The largest absolute Gasteiger partial charge is 0.235 e.